The van der Waals surface area contributed by atoms with E-state index in [0.717, 1.165) is 31.2 Å². The minimum atomic E-state index is -3.36. The highest BCUT2D eigenvalue weighted by atomic mass is 35.5. The molecule has 0 spiro atoms. The Labute approximate surface area is 126 Å². The molecule has 112 valence electrons. The molecule has 0 amide bonds. The lowest BCUT2D eigenvalue weighted by molar-refractivity contribution is 0.247. The monoisotopic (exact) mass is 315 g/mol. The molecule has 0 heterocycles. The number of hydrogen-bond donors (Lipinski definition) is 1. The summed E-state index contributed by atoms with van der Waals surface area (Å²) in [4.78, 5) is 0. The molecule has 0 aromatic heterocycles. The van der Waals surface area contributed by atoms with Crippen molar-refractivity contribution in [2.75, 3.05) is 5.88 Å². The SMILES string of the molecule is CC1CCC(CCl)(NS(=O)(=O)Cc2ccccc2)CC1. The maximum atomic E-state index is 12.3. The zero-order valence-corrected chi connectivity index (χ0v) is 13.4. The first kappa shape index (κ1) is 15.8. The Morgan fingerprint density at radius 1 is 1.25 bits per heavy atom. The van der Waals surface area contributed by atoms with Crippen molar-refractivity contribution in [2.24, 2.45) is 5.92 Å². The van der Waals surface area contributed by atoms with Crippen LogP contribution in [0.4, 0.5) is 0 Å². The quantitative estimate of drug-likeness (QED) is 0.847. The van der Waals surface area contributed by atoms with Crippen LogP contribution in [0.2, 0.25) is 0 Å². The lowest BCUT2D eigenvalue weighted by atomic mass is 9.79. The van der Waals surface area contributed by atoms with Gasteiger partial charge in [0.2, 0.25) is 10.0 Å². The highest BCUT2D eigenvalue weighted by molar-refractivity contribution is 7.88. The minimum Gasteiger partial charge on any atom is -0.212 e. The van der Waals surface area contributed by atoms with Crippen molar-refractivity contribution in [3.63, 3.8) is 0 Å². The third kappa shape index (κ3) is 4.21. The Kier molecular flexibility index (Phi) is 5.10. The number of hydrogen-bond acceptors (Lipinski definition) is 2. The molecule has 1 aliphatic rings. The van der Waals surface area contributed by atoms with E-state index < -0.39 is 15.6 Å². The fourth-order valence-corrected chi connectivity index (χ4v) is 4.79. The van der Waals surface area contributed by atoms with Crippen molar-refractivity contribution >= 4 is 21.6 Å². The number of rotatable bonds is 5. The molecule has 20 heavy (non-hydrogen) atoms. The van der Waals surface area contributed by atoms with Gasteiger partial charge in [-0.2, -0.15) is 0 Å². The largest absolute Gasteiger partial charge is 0.216 e. The molecule has 0 saturated heterocycles. The van der Waals surface area contributed by atoms with Crippen molar-refractivity contribution in [2.45, 2.75) is 43.9 Å². The van der Waals surface area contributed by atoms with Crippen LogP contribution in [0.15, 0.2) is 30.3 Å². The van der Waals surface area contributed by atoms with Crippen LogP contribution in [0.3, 0.4) is 0 Å². The predicted octanol–water partition coefficient (Wildman–Crippen LogP) is 3.29. The zero-order chi connectivity index (χ0) is 14.6. The predicted molar refractivity (Wildman–Crippen MR) is 83.3 cm³/mol. The van der Waals surface area contributed by atoms with Crippen LogP contribution < -0.4 is 4.72 Å². The lowest BCUT2D eigenvalue weighted by Crippen LogP contribution is -2.52. The van der Waals surface area contributed by atoms with Gasteiger partial charge in [-0.3, -0.25) is 0 Å². The van der Waals surface area contributed by atoms with Crippen molar-refractivity contribution in [3.05, 3.63) is 35.9 Å². The Bertz CT molecular complexity index is 522. The first-order valence-corrected chi connectivity index (χ1v) is 9.25. The van der Waals surface area contributed by atoms with E-state index in [0.29, 0.717) is 11.8 Å². The second-order valence-corrected chi connectivity index (χ2v) is 7.93. The molecule has 1 N–H and O–H groups in total. The molecular weight excluding hydrogens is 294 g/mol. The molecule has 0 bridgehead atoms. The van der Waals surface area contributed by atoms with Gasteiger partial charge in [0.1, 0.15) is 0 Å². The first-order chi connectivity index (χ1) is 9.45. The van der Waals surface area contributed by atoms with Gasteiger partial charge in [-0.05, 0) is 37.2 Å². The van der Waals surface area contributed by atoms with Crippen molar-refractivity contribution in [1.82, 2.24) is 4.72 Å². The zero-order valence-electron chi connectivity index (χ0n) is 11.8. The van der Waals surface area contributed by atoms with E-state index in [1.54, 1.807) is 0 Å². The van der Waals surface area contributed by atoms with Crippen LogP contribution in [0.1, 0.15) is 38.2 Å². The van der Waals surface area contributed by atoms with E-state index in [1.807, 2.05) is 30.3 Å². The number of sulfonamides is 1. The summed E-state index contributed by atoms with van der Waals surface area (Å²) in [6, 6.07) is 9.24. The summed E-state index contributed by atoms with van der Waals surface area (Å²) in [7, 11) is -3.36. The van der Waals surface area contributed by atoms with Crippen LogP contribution in [-0.2, 0) is 15.8 Å². The molecular formula is C15H22ClNO2S. The Morgan fingerprint density at radius 2 is 1.85 bits per heavy atom. The number of halogens is 1. The van der Waals surface area contributed by atoms with Gasteiger partial charge >= 0.3 is 0 Å². The van der Waals surface area contributed by atoms with E-state index in [4.69, 9.17) is 11.6 Å². The Hall–Kier alpha value is -0.580. The van der Waals surface area contributed by atoms with Crippen LogP contribution >= 0.6 is 11.6 Å². The molecule has 3 nitrogen and oxygen atoms in total. The topological polar surface area (TPSA) is 46.2 Å². The molecule has 1 aromatic rings. The van der Waals surface area contributed by atoms with E-state index in [-0.39, 0.29) is 5.75 Å². The fourth-order valence-electron chi connectivity index (χ4n) is 2.74. The maximum Gasteiger partial charge on any atom is 0.216 e. The first-order valence-electron chi connectivity index (χ1n) is 7.06. The maximum absolute atomic E-state index is 12.3. The van der Waals surface area contributed by atoms with Crippen molar-refractivity contribution < 1.29 is 8.42 Å². The average Bonchev–Trinajstić information content (AvgIpc) is 2.42. The van der Waals surface area contributed by atoms with Gasteiger partial charge in [0.05, 0.1) is 5.75 Å². The standard InChI is InChI=1S/C15H22ClNO2S/c1-13-7-9-15(12-16,10-8-13)17-20(18,19)11-14-5-3-2-4-6-14/h2-6,13,17H,7-12H2,1H3. The fraction of sp³-hybridized carbons (Fsp3) is 0.600. The third-order valence-corrected chi connectivity index (χ3v) is 6.03. The van der Waals surface area contributed by atoms with Crippen molar-refractivity contribution in [3.8, 4) is 0 Å². The summed E-state index contributed by atoms with van der Waals surface area (Å²) in [5, 5.41) is 0. The molecule has 1 saturated carbocycles. The molecule has 5 heteroatoms. The van der Waals surface area contributed by atoms with Crippen LogP contribution in [0, 0.1) is 5.92 Å². The van der Waals surface area contributed by atoms with Gasteiger partial charge in [-0.1, -0.05) is 37.3 Å². The summed E-state index contributed by atoms with van der Waals surface area (Å²) in [6.45, 7) is 2.20. The second kappa shape index (κ2) is 6.46. The highest BCUT2D eigenvalue weighted by Crippen LogP contribution is 2.33. The summed E-state index contributed by atoms with van der Waals surface area (Å²) in [6.07, 6.45) is 3.71. The molecule has 0 unspecified atom stereocenters. The molecule has 1 aliphatic carbocycles. The van der Waals surface area contributed by atoms with Gasteiger partial charge in [0.15, 0.2) is 0 Å². The van der Waals surface area contributed by atoms with Gasteiger partial charge in [0.25, 0.3) is 0 Å². The highest BCUT2D eigenvalue weighted by Gasteiger charge is 2.36. The summed E-state index contributed by atoms with van der Waals surface area (Å²) in [5.74, 6) is 1.01. The van der Waals surface area contributed by atoms with Crippen LogP contribution in [0.5, 0.6) is 0 Å². The third-order valence-electron chi connectivity index (χ3n) is 4.06. The molecule has 0 aliphatic heterocycles. The Balaban J connectivity index is 2.06. The summed E-state index contributed by atoms with van der Waals surface area (Å²) >= 11 is 6.07. The Morgan fingerprint density at radius 3 is 2.40 bits per heavy atom. The minimum absolute atomic E-state index is 0.0159. The number of nitrogens with one attached hydrogen (secondary N) is 1. The van der Waals surface area contributed by atoms with Gasteiger partial charge in [-0.15, -0.1) is 11.6 Å². The molecule has 2 rings (SSSR count). The normalized spacial score (nSPS) is 27.4. The van der Waals surface area contributed by atoms with Crippen LogP contribution in [-0.4, -0.2) is 19.8 Å². The molecule has 0 radical (unpaired) electrons. The summed E-state index contributed by atoms with van der Waals surface area (Å²) in [5.41, 5.74) is 0.343. The molecule has 0 atom stereocenters. The molecule has 1 fully saturated rings. The second-order valence-electron chi connectivity index (χ2n) is 5.94. The lowest BCUT2D eigenvalue weighted by Gasteiger charge is -2.38. The van der Waals surface area contributed by atoms with E-state index in [9.17, 15) is 8.42 Å². The number of benzene rings is 1. The number of alkyl halides is 1. The van der Waals surface area contributed by atoms with Gasteiger partial charge < -0.3 is 0 Å². The van der Waals surface area contributed by atoms with E-state index in [1.165, 1.54) is 0 Å². The van der Waals surface area contributed by atoms with E-state index >= 15 is 0 Å². The van der Waals surface area contributed by atoms with E-state index in [2.05, 4.69) is 11.6 Å². The van der Waals surface area contributed by atoms with Gasteiger partial charge in [0, 0.05) is 11.4 Å². The van der Waals surface area contributed by atoms with Gasteiger partial charge in [-0.25, -0.2) is 13.1 Å². The summed E-state index contributed by atoms with van der Waals surface area (Å²) < 4.78 is 27.6. The molecule has 1 aromatic carbocycles. The van der Waals surface area contributed by atoms with Crippen LogP contribution in [0.25, 0.3) is 0 Å². The average molecular weight is 316 g/mol. The smallest absolute Gasteiger partial charge is 0.212 e. The van der Waals surface area contributed by atoms with Crippen molar-refractivity contribution in [1.29, 1.82) is 0 Å².